The number of nitrogens with one attached hydrogen (secondary N) is 1. The van der Waals surface area contributed by atoms with Gasteiger partial charge in [-0.25, -0.2) is 13.4 Å². The fraction of sp³-hybridized carbons (Fsp3) is 0.417. The predicted molar refractivity (Wildman–Crippen MR) is 184 cm³/mol. The smallest absolute Gasteiger partial charge is 0.227 e. The number of benzene rings is 3. The molecule has 1 saturated heterocycles. The minimum atomic E-state index is -3.87. The number of hydrogen-bond donors (Lipinski definition) is 3. The molecule has 10 nitrogen and oxygen atoms in total. The Labute approximate surface area is 278 Å². The van der Waals surface area contributed by atoms with Gasteiger partial charge in [0.15, 0.2) is 9.84 Å². The van der Waals surface area contributed by atoms with Gasteiger partial charge in [-0.05, 0) is 92.0 Å². The summed E-state index contributed by atoms with van der Waals surface area (Å²) >= 11 is 0. The van der Waals surface area contributed by atoms with Gasteiger partial charge < -0.3 is 25.8 Å². The van der Waals surface area contributed by atoms with Crippen LogP contribution in [0.3, 0.4) is 0 Å². The van der Waals surface area contributed by atoms with Crippen molar-refractivity contribution in [3.05, 3.63) is 83.9 Å². The number of aliphatic hydroxyl groups is 1. The van der Waals surface area contributed by atoms with Crippen LogP contribution >= 0.6 is 0 Å². The Balaban J connectivity index is 1.55. The minimum Gasteiger partial charge on any atom is -0.494 e. The van der Waals surface area contributed by atoms with Gasteiger partial charge in [0.2, 0.25) is 11.8 Å². The Hall–Kier alpha value is -4.22. The predicted octanol–water partition coefficient (Wildman–Crippen LogP) is 4.19. The zero-order chi connectivity index (χ0) is 33.8. The number of hydrogen-bond acceptors (Lipinski definition) is 7. The fourth-order valence-corrected chi connectivity index (χ4v) is 7.62. The number of sulfone groups is 1. The van der Waals surface area contributed by atoms with Crippen LogP contribution < -0.4 is 15.8 Å². The maximum Gasteiger partial charge on any atom is 0.227 e. The molecule has 0 aromatic heterocycles. The van der Waals surface area contributed by atoms with Crippen molar-refractivity contribution >= 4 is 27.5 Å². The van der Waals surface area contributed by atoms with Crippen molar-refractivity contribution in [2.45, 2.75) is 50.3 Å². The van der Waals surface area contributed by atoms with Crippen LogP contribution in [0.4, 0.5) is 0 Å². The first-order chi connectivity index (χ1) is 22.6. The number of aliphatic imine (C=N–C) groups is 1. The third-order valence-corrected chi connectivity index (χ3v) is 10.4. The third-order valence-electron chi connectivity index (χ3n) is 8.63. The van der Waals surface area contributed by atoms with Crippen molar-refractivity contribution in [2.24, 2.45) is 22.6 Å². The van der Waals surface area contributed by atoms with Crippen LogP contribution in [0.25, 0.3) is 11.1 Å². The summed E-state index contributed by atoms with van der Waals surface area (Å²) in [5.41, 5.74) is 8.95. The Morgan fingerprint density at radius 1 is 1.04 bits per heavy atom. The highest BCUT2D eigenvalue weighted by Gasteiger charge is 2.32. The van der Waals surface area contributed by atoms with Crippen LogP contribution in [0.2, 0.25) is 0 Å². The van der Waals surface area contributed by atoms with E-state index in [1.165, 1.54) is 0 Å². The molecule has 4 N–H and O–H groups in total. The molecule has 3 aromatic carbocycles. The van der Waals surface area contributed by atoms with Gasteiger partial charge in [-0.1, -0.05) is 42.5 Å². The number of nitrogens with zero attached hydrogens (tertiary/aromatic N) is 2. The second kappa shape index (κ2) is 17.1. The second-order valence-electron chi connectivity index (χ2n) is 11.9. The highest BCUT2D eigenvalue weighted by Crippen LogP contribution is 2.29. The molecule has 1 aliphatic rings. The van der Waals surface area contributed by atoms with Crippen molar-refractivity contribution in [1.29, 1.82) is 0 Å². The SMILES string of the molecule is CCOc1ccc(-c2cccc(S(=O)(=O)C[C@@H](Cc3cccc(C(N)=NCO)c3)C(=O)N3CCC(CCCC(=O)NC)CC3)c2)cc1. The Morgan fingerprint density at radius 3 is 2.45 bits per heavy atom. The van der Waals surface area contributed by atoms with E-state index in [1.807, 2.05) is 43.3 Å². The Bertz CT molecular complexity index is 1630. The largest absolute Gasteiger partial charge is 0.494 e. The van der Waals surface area contributed by atoms with Crippen molar-refractivity contribution in [2.75, 3.05) is 39.2 Å². The summed E-state index contributed by atoms with van der Waals surface area (Å²) in [6.07, 6.45) is 4.03. The average Bonchev–Trinajstić information content (AvgIpc) is 3.08. The maximum absolute atomic E-state index is 14.1. The molecular weight excluding hydrogens is 616 g/mol. The van der Waals surface area contributed by atoms with E-state index in [4.69, 9.17) is 10.5 Å². The van der Waals surface area contributed by atoms with Crippen LogP contribution in [-0.4, -0.2) is 75.3 Å². The Morgan fingerprint density at radius 2 is 1.77 bits per heavy atom. The lowest BCUT2D eigenvalue weighted by Gasteiger charge is -2.34. The summed E-state index contributed by atoms with van der Waals surface area (Å²) in [7, 11) is -2.24. The standard InChI is InChI=1S/C36H46N4O6S/c1-3-46-32-15-13-28(14-16-32)29-9-6-11-33(23-29)47(44,45)24-31(22-27-8-4-10-30(21-27)35(37)39-25-41)36(43)40-19-17-26(18-20-40)7-5-12-34(42)38-2/h4,6,8-11,13-16,21,23,26,31,41H,3,5,7,12,17-20,22,24-25H2,1-2H3,(H2,37,39)(H,38,42)/t31-/m1/s1. The summed E-state index contributed by atoms with van der Waals surface area (Å²) in [4.78, 5) is 31.5. The number of piperidine rings is 1. The first kappa shape index (κ1) is 35.6. The molecule has 2 amide bonds. The molecule has 0 radical (unpaired) electrons. The quantitative estimate of drug-likeness (QED) is 0.163. The number of rotatable bonds is 15. The number of carbonyl (C=O) groups excluding carboxylic acids is 2. The van der Waals surface area contributed by atoms with Gasteiger partial charge in [-0.3, -0.25) is 9.59 Å². The number of ether oxygens (including phenoxy) is 1. The zero-order valence-corrected chi connectivity index (χ0v) is 28.0. The second-order valence-corrected chi connectivity index (χ2v) is 13.9. The molecule has 252 valence electrons. The summed E-state index contributed by atoms with van der Waals surface area (Å²) in [5.74, 6) is -0.0265. The lowest BCUT2D eigenvalue weighted by molar-refractivity contribution is -0.136. The zero-order valence-electron chi connectivity index (χ0n) is 27.2. The number of amidine groups is 1. The van der Waals surface area contributed by atoms with Gasteiger partial charge in [0.25, 0.3) is 0 Å². The number of amides is 2. The topological polar surface area (TPSA) is 151 Å². The molecule has 1 atom stereocenters. The number of nitrogens with two attached hydrogens (primary N) is 1. The lowest BCUT2D eigenvalue weighted by atomic mass is 9.90. The van der Waals surface area contributed by atoms with E-state index in [9.17, 15) is 23.1 Å². The maximum atomic E-state index is 14.1. The molecule has 0 spiro atoms. The molecule has 11 heteroatoms. The Kier molecular flexibility index (Phi) is 12.9. The summed E-state index contributed by atoms with van der Waals surface area (Å²) in [5, 5.41) is 11.8. The molecule has 4 rings (SSSR count). The molecule has 47 heavy (non-hydrogen) atoms. The van der Waals surface area contributed by atoms with Gasteiger partial charge in [0, 0.05) is 32.1 Å². The first-order valence-corrected chi connectivity index (χ1v) is 17.8. The summed E-state index contributed by atoms with van der Waals surface area (Å²) < 4.78 is 33.5. The summed E-state index contributed by atoms with van der Waals surface area (Å²) in [6.45, 7) is 3.11. The van der Waals surface area contributed by atoms with Crippen LogP contribution in [0.5, 0.6) is 5.75 Å². The average molecular weight is 663 g/mol. The van der Waals surface area contributed by atoms with E-state index in [0.717, 1.165) is 48.1 Å². The molecule has 0 aliphatic carbocycles. The third kappa shape index (κ3) is 10.1. The van der Waals surface area contributed by atoms with E-state index < -0.39 is 22.5 Å². The van der Waals surface area contributed by atoms with Crippen molar-refractivity contribution in [3.63, 3.8) is 0 Å². The molecule has 0 saturated carbocycles. The lowest BCUT2D eigenvalue weighted by Crippen LogP contribution is -2.44. The highest BCUT2D eigenvalue weighted by molar-refractivity contribution is 7.91. The normalized spacial score (nSPS) is 14.9. The number of carbonyl (C=O) groups is 2. The first-order valence-electron chi connectivity index (χ1n) is 16.2. The molecule has 0 bridgehead atoms. The van der Waals surface area contributed by atoms with Crippen molar-refractivity contribution < 1.29 is 27.9 Å². The molecular formula is C36H46N4O6S. The summed E-state index contributed by atoms with van der Waals surface area (Å²) in [6, 6.07) is 21.5. The molecule has 1 aliphatic heterocycles. The van der Waals surface area contributed by atoms with E-state index >= 15 is 0 Å². The number of likely N-dealkylation sites (tertiary alicyclic amines) is 1. The fourth-order valence-electron chi connectivity index (χ4n) is 6.04. The van der Waals surface area contributed by atoms with E-state index in [2.05, 4.69) is 10.3 Å². The van der Waals surface area contributed by atoms with Crippen LogP contribution in [0.15, 0.2) is 82.7 Å². The van der Waals surface area contributed by atoms with E-state index in [1.54, 1.807) is 48.3 Å². The van der Waals surface area contributed by atoms with Crippen molar-refractivity contribution in [1.82, 2.24) is 10.2 Å². The van der Waals surface area contributed by atoms with Crippen LogP contribution in [-0.2, 0) is 25.8 Å². The molecule has 0 unspecified atom stereocenters. The van der Waals surface area contributed by atoms with Gasteiger partial charge >= 0.3 is 0 Å². The van der Waals surface area contributed by atoms with E-state index in [-0.39, 0.29) is 34.7 Å². The highest BCUT2D eigenvalue weighted by atomic mass is 32.2. The van der Waals surface area contributed by atoms with Crippen molar-refractivity contribution in [3.8, 4) is 16.9 Å². The van der Waals surface area contributed by atoms with Gasteiger partial charge in [-0.15, -0.1) is 0 Å². The van der Waals surface area contributed by atoms with Gasteiger partial charge in [-0.2, -0.15) is 0 Å². The molecule has 1 fully saturated rings. The monoisotopic (exact) mass is 662 g/mol. The van der Waals surface area contributed by atoms with Crippen LogP contribution in [0.1, 0.15) is 50.2 Å². The van der Waals surface area contributed by atoms with Crippen LogP contribution in [0, 0.1) is 11.8 Å². The molecule has 1 heterocycles. The van der Waals surface area contributed by atoms with Gasteiger partial charge in [0.05, 0.1) is 23.2 Å². The van der Waals surface area contributed by atoms with E-state index in [0.29, 0.717) is 37.6 Å². The number of aliphatic hydroxyl groups excluding tert-OH is 1. The van der Waals surface area contributed by atoms with Gasteiger partial charge in [0.1, 0.15) is 18.3 Å². The molecule has 3 aromatic rings. The minimum absolute atomic E-state index is 0.0279.